The van der Waals surface area contributed by atoms with Crippen LogP contribution in [0.4, 0.5) is 13.2 Å². The summed E-state index contributed by atoms with van der Waals surface area (Å²) in [7, 11) is 0. The molecule has 0 spiro atoms. The zero-order valence-corrected chi connectivity index (χ0v) is 27.0. The Labute approximate surface area is 281 Å². The van der Waals surface area contributed by atoms with Gasteiger partial charge in [0.2, 0.25) is 5.91 Å². The van der Waals surface area contributed by atoms with E-state index in [1.165, 1.54) is 18.4 Å². The lowest BCUT2D eigenvalue weighted by Crippen LogP contribution is -2.53. The molecule has 4 aromatic carbocycles. The minimum absolute atomic E-state index is 0.299. The summed E-state index contributed by atoms with van der Waals surface area (Å²) < 4.78 is 50.0. The number of amides is 1. The molecule has 2 atom stereocenters. The van der Waals surface area contributed by atoms with E-state index in [2.05, 4.69) is 5.32 Å². The maximum atomic E-state index is 14.7. The maximum Gasteiger partial charge on any atom is 0.416 e. The minimum Gasteiger partial charge on any atom is -0.487 e. The molecule has 252 valence electrons. The molecule has 0 aliphatic heterocycles. The Morgan fingerprint density at radius 1 is 0.796 bits per heavy atom. The molecule has 2 unspecified atom stereocenters. The number of alkyl halides is 3. The van der Waals surface area contributed by atoms with Crippen molar-refractivity contribution in [2.24, 2.45) is 5.92 Å². The second-order valence-electron chi connectivity index (χ2n) is 12.4. The molecule has 0 aliphatic rings. The highest BCUT2D eigenvalue weighted by Gasteiger charge is 2.45. The van der Waals surface area contributed by atoms with Crippen LogP contribution in [-0.2, 0) is 24.5 Å². The Bertz CT molecular complexity index is 2130. The maximum absolute atomic E-state index is 14.7. The number of rotatable bonds is 11. The third-order valence-electron chi connectivity index (χ3n) is 8.62. The lowest BCUT2D eigenvalue weighted by molar-refractivity contribution is -0.215. The molecule has 0 saturated heterocycles. The zero-order valence-electron chi connectivity index (χ0n) is 27.0. The molecule has 0 aliphatic carbocycles. The van der Waals surface area contributed by atoms with Crippen molar-refractivity contribution < 1.29 is 27.8 Å². The number of aromatic nitrogens is 2. The molecule has 7 nitrogen and oxygen atoms in total. The molecule has 49 heavy (non-hydrogen) atoms. The number of para-hydroxylation sites is 1. The van der Waals surface area contributed by atoms with Crippen molar-refractivity contribution >= 4 is 27.7 Å². The van der Waals surface area contributed by atoms with E-state index in [1.54, 1.807) is 24.3 Å². The van der Waals surface area contributed by atoms with Crippen LogP contribution >= 0.6 is 0 Å². The molecule has 10 heteroatoms. The van der Waals surface area contributed by atoms with Crippen molar-refractivity contribution in [3.8, 4) is 17.0 Å². The van der Waals surface area contributed by atoms with E-state index >= 15 is 0 Å². The van der Waals surface area contributed by atoms with Gasteiger partial charge in [-0.25, -0.2) is 0 Å². The van der Waals surface area contributed by atoms with E-state index in [0.29, 0.717) is 46.6 Å². The van der Waals surface area contributed by atoms with Gasteiger partial charge >= 0.3 is 6.18 Å². The molecule has 1 amide bonds. The number of hydrogen-bond acceptors (Lipinski definition) is 4. The standard InChI is InChI=1S/C39H36F3N3O4/c1-25(2)34(37(47)39(40,41)42)43-33(46)23-44-31(28-17-10-5-11-18-28)21-30-29-19-12-20-32(49-24-27-15-8-4-9-16-27)35(29)45(36(30)38(44)48)22-26-13-6-3-7-14-26/h3-21,25,34,37,47H,22-24H2,1-2H3,(H,43,46). The summed E-state index contributed by atoms with van der Waals surface area (Å²) in [6.45, 7) is 3.00. The molecule has 6 aromatic rings. The molecule has 6 rings (SSSR count). The van der Waals surface area contributed by atoms with Crippen molar-refractivity contribution in [2.45, 2.75) is 51.9 Å². The number of nitrogens with zero attached hydrogens (tertiary/aromatic N) is 2. The summed E-state index contributed by atoms with van der Waals surface area (Å²) in [5.41, 5.74) is 3.48. The number of aliphatic hydroxyl groups is 1. The monoisotopic (exact) mass is 667 g/mol. The highest BCUT2D eigenvalue weighted by atomic mass is 19.4. The van der Waals surface area contributed by atoms with Crippen molar-refractivity contribution in [2.75, 3.05) is 0 Å². The summed E-state index contributed by atoms with van der Waals surface area (Å²) in [4.78, 5) is 28.2. The highest BCUT2D eigenvalue weighted by Crippen LogP contribution is 2.37. The van der Waals surface area contributed by atoms with Crippen LogP contribution in [0.2, 0.25) is 0 Å². The molecular formula is C39H36F3N3O4. The predicted octanol–water partition coefficient (Wildman–Crippen LogP) is 7.31. The number of pyridine rings is 1. The van der Waals surface area contributed by atoms with Gasteiger partial charge < -0.3 is 19.7 Å². The lowest BCUT2D eigenvalue weighted by Gasteiger charge is -2.29. The summed E-state index contributed by atoms with van der Waals surface area (Å²) in [5, 5.41) is 13.8. The van der Waals surface area contributed by atoms with Crippen molar-refractivity contribution in [3.05, 3.63) is 137 Å². The van der Waals surface area contributed by atoms with Crippen LogP contribution in [0.15, 0.2) is 120 Å². The third kappa shape index (κ3) is 7.10. The number of hydrogen-bond donors (Lipinski definition) is 2. The van der Waals surface area contributed by atoms with E-state index in [0.717, 1.165) is 16.5 Å². The molecule has 0 saturated carbocycles. The van der Waals surface area contributed by atoms with Gasteiger partial charge in [0.15, 0.2) is 6.10 Å². The fourth-order valence-corrected chi connectivity index (χ4v) is 6.20. The Morgan fingerprint density at radius 3 is 2.02 bits per heavy atom. The van der Waals surface area contributed by atoms with Crippen LogP contribution < -0.4 is 15.6 Å². The van der Waals surface area contributed by atoms with Crippen LogP contribution in [0.1, 0.15) is 25.0 Å². The Morgan fingerprint density at radius 2 is 1.41 bits per heavy atom. The van der Waals surface area contributed by atoms with Gasteiger partial charge in [-0.2, -0.15) is 13.2 Å². The summed E-state index contributed by atoms with van der Waals surface area (Å²) in [5.74, 6) is -1.01. The van der Waals surface area contributed by atoms with Gasteiger partial charge in [-0.3, -0.25) is 14.2 Å². The molecule has 2 aromatic heterocycles. The van der Waals surface area contributed by atoms with E-state index in [4.69, 9.17) is 4.74 Å². The van der Waals surface area contributed by atoms with Gasteiger partial charge in [0, 0.05) is 17.3 Å². The Kier molecular flexibility index (Phi) is 9.60. The highest BCUT2D eigenvalue weighted by molar-refractivity contribution is 6.10. The number of nitrogens with one attached hydrogen (secondary N) is 1. The summed E-state index contributed by atoms with van der Waals surface area (Å²) >= 11 is 0. The number of carbonyl (C=O) groups is 1. The third-order valence-corrected chi connectivity index (χ3v) is 8.62. The zero-order chi connectivity index (χ0) is 34.7. The van der Waals surface area contributed by atoms with Crippen LogP contribution in [0.5, 0.6) is 5.75 Å². The number of ether oxygens (including phenoxy) is 1. The SMILES string of the molecule is CC(C)C(NC(=O)Cn1c(-c2ccccc2)cc2c3cccc(OCc4ccccc4)c3n(Cc3ccccc3)c2c1=O)C(O)C(F)(F)F. The van der Waals surface area contributed by atoms with E-state index < -0.39 is 42.3 Å². The summed E-state index contributed by atoms with van der Waals surface area (Å²) in [6.07, 6.45) is -7.71. The summed E-state index contributed by atoms with van der Waals surface area (Å²) in [6, 6.07) is 34.3. The largest absolute Gasteiger partial charge is 0.487 e. The molecular weight excluding hydrogens is 631 g/mol. The first-order chi connectivity index (χ1) is 23.5. The lowest BCUT2D eigenvalue weighted by atomic mass is 9.98. The first kappa shape index (κ1) is 33.5. The molecule has 2 heterocycles. The smallest absolute Gasteiger partial charge is 0.416 e. The fourth-order valence-electron chi connectivity index (χ4n) is 6.20. The van der Waals surface area contributed by atoms with Crippen LogP contribution in [0.25, 0.3) is 33.1 Å². The topological polar surface area (TPSA) is 85.5 Å². The number of aliphatic hydroxyl groups excluding tert-OH is 1. The number of halogens is 3. The second kappa shape index (κ2) is 14.0. The van der Waals surface area contributed by atoms with Gasteiger partial charge in [0.1, 0.15) is 24.4 Å². The number of fused-ring (bicyclic) bond motifs is 3. The first-order valence-corrected chi connectivity index (χ1v) is 16.0. The van der Waals surface area contributed by atoms with Gasteiger partial charge in [-0.1, -0.05) is 117 Å². The fraction of sp³-hybridized carbons (Fsp3) is 0.231. The van der Waals surface area contributed by atoms with Gasteiger partial charge in [-0.15, -0.1) is 0 Å². The van der Waals surface area contributed by atoms with E-state index in [-0.39, 0.29) is 0 Å². The van der Waals surface area contributed by atoms with Crippen molar-refractivity contribution in [1.29, 1.82) is 0 Å². The van der Waals surface area contributed by atoms with Crippen LogP contribution in [-0.4, -0.2) is 38.5 Å². The quantitative estimate of drug-likeness (QED) is 0.152. The predicted molar refractivity (Wildman–Crippen MR) is 184 cm³/mol. The van der Waals surface area contributed by atoms with Gasteiger partial charge in [0.25, 0.3) is 5.56 Å². The van der Waals surface area contributed by atoms with E-state index in [9.17, 15) is 27.9 Å². The minimum atomic E-state index is -4.94. The first-order valence-electron chi connectivity index (χ1n) is 16.0. The van der Waals surface area contributed by atoms with E-state index in [1.807, 2.05) is 95.6 Å². The van der Waals surface area contributed by atoms with Crippen molar-refractivity contribution in [1.82, 2.24) is 14.5 Å². The molecule has 2 N–H and O–H groups in total. The Balaban J connectivity index is 1.54. The van der Waals surface area contributed by atoms with Crippen LogP contribution in [0, 0.1) is 5.92 Å². The van der Waals surface area contributed by atoms with Gasteiger partial charge in [0.05, 0.1) is 17.3 Å². The normalized spacial score (nSPS) is 13.1. The number of carbonyl (C=O) groups excluding carboxylic acids is 1. The average molecular weight is 668 g/mol. The van der Waals surface area contributed by atoms with Crippen LogP contribution in [0.3, 0.4) is 0 Å². The number of benzene rings is 4. The second-order valence-corrected chi connectivity index (χ2v) is 12.4. The molecule has 0 bridgehead atoms. The molecule has 0 fully saturated rings. The molecule has 0 radical (unpaired) electrons. The average Bonchev–Trinajstić information content (AvgIpc) is 3.41. The Hall–Kier alpha value is -5.35. The van der Waals surface area contributed by atoms with Gasteiger partial charge in [-0.05, 0) is 34.7 Å². The van der Waals surface area contributed by atoms with Crippen molar-refractivity contribution in [3.63, 3.8) is 0 Å².